The van der Waals surface area contributed by atoms with Gasteiger partial charge in [-0.25, -0.2) is 9.97 Å². The third kappa shape index (κ3) is 3.24. The number of nitro groups is 1. The van der Waals surface area contributed by atoms with Crippen molar-refractivity contribution in [1.82, 2.24) is 19.9 Å². The molecule has 0 unspecified atom stereocenters. The van der Waals surface area contributed by atoms with Crippen LogP contribution in [0.25, 0.3) is 22.2 Å². The Morgan fingerprint density at radius 3 is 2.63 bits per heavy atom. The van der Waals surface area contributed by atoms with Gasteiger partial charge in [0.1, 0.15) is 23.0 Å². The van der Waals surface area contributed by atoms with E-state index in [1.54, 1.807) is 10.6 Å². The number of nitrogens with two attached hydrogens (primary N) is 1. The van der Waals surface area contributed by atoms with E-state index < -0.39 is 10.8 Å². The molecular formula is C20H15N7O3. The van der Waals surface area contributed by atoms with Crippen LogP contribution in [0.4, 0.5) is 11.5 Å². The van der Waals surface area contributed by atoms with E-state index in [1.165, 1.54) is 24.3 Å². The number of nitrogen functional groups attached to an aromatic ring is 1. The number of nitro benzene ring substituents is 1. The highest BCUT2D eigenvalue weighted by molar-refractivity contribution is 5.95. The number of nitrogens with one attached hydrogen (secondary N) is 1. The van der Waals surface area contributed by atoms with Crippen molar-refractivity contribution >= 4 is 39.6 Å². The summed E-state index contributed by atoms with van der Waals surface area (Å²) in [6, 6.07) is 14.8. The molecule has 0 spiro atoms. The number of nitriles is 1. The molecule has 30 heavy (non-hydrogen) atoms. The lowest BCUT2D eigenvalue weighted by Crippen LogP contribution is -2.27. The number of aromatic nitrogens is 3. The van der Waals surface area contributed by atoms with Crippen LogP contribution in [-0.4, -0.2) is 31.9 Å². The van der Waals surface area contributed by atoms with Crippen LogP contribution in [0.2, 0.25) is 0 Å². The number of anilines is 1. The number of rotatable bonds is 5. The molecule has 0 saturated heterocycles. The molecule has 148 valence electrons. The van der Waals surface area contributed by atoms with E-state index in [-0.39, 0.29) is 35.7 Å². The topological polar surface area (TPSA) is 153 Å². The normalized spacial score (nSPS) is 10.8. The number of para-hydroxylation sites is 2. The van der Waals surface area contributed by atoms with E-state index in [9.17, 15) is 20.2 Å². The lowest BCUT2D eigenvalue weighted by Gasteiger charge is -2.09. The summed E-state index contributed by atoms with van der Waals surface area (Å²) in [5.74, 6) is -0.238. The van der Waals surface area contributed by atoms with Gasteiger partial charge in [-0.15, -0.1) is 0 Å². The van der Waals surface area contributed by atoms with Crippen LogP contribution in [-0.2, 0) is 6.54 Å². The van der Waals surface area contributed by atoms with Crippen molar-refractivity contribution in [2.75, 3.05) is 12.3 Å². The average Bonchev–Trinajstić information content (AvgIpc) is 3.02. The molecule has 0 atom stereocenters. The zero-order valence-corrected chi connectivity index (χ0v) is 15.6. The van der Waals surface area contributed by atoms with Crippen molar-refractivity contribution in [1.29, 1.82) is 5.26 Å². The van der Waals surface area contributed by atoms with Gasteiger partial charge in [-0.1, -0.05) is 18.2 Å². The molecule has 0 saturated carbocycles. The predicted molar refractivity (Wildman–Crippen MR) is 110 cm³/mol. The molecule has 2 aromatic heterocycles. The van der Waals surface area contributed by atoms with Gasteiger partial charge in [-0.3, -0.25) is 14.9 Å². The Labute approximate surface area is 169 Å². The molecule has 0 aliphatic rings. The first kappa shape index (κ1) is 18.8. The zero-order valence-electron chi connectivity index (χ0n) is 15.6. The number of carbonyl (C=O) groups excluding carboxylic acids is 1. The fraction of sp³-hybridized carbons (Fsp3) is 0.100. The molecule has 0 radical (unpaired) electrons. The number of benzene rings is 2. The maximum absolute atomic E-state index is 12.3. The van der Waals surface area contributed by atoms with E-state index in [0.717, 1.165) is 0 Å². The highest BCUT2D eigenvalue weighted by atomic mass is 16.6. The Bertz CT molecular complexity index is 1350. The Morgan fingerprint density at radius 1 is 1.20 bits per heavy atom. The average molecular weight is 401 g/mol. The van der Waals surface area contributed by atoms with E-state index in [1.807, 2.05) is 18.2 Å². The fourth-order valence-corrected chi connectivity index (χ4v) is 3.20. The van der Waals surface area contributed by atoms with Crippen molar-refractivity contribution in [3.8, 4) is 6.07 Å². The summed E-state index contributed by atoms with van der Waals surface area (Å²) in [7, 11) is 0. The van der Waals surface area contributed by atoms with Gasteiger partial charge < -0.3 is 15.6 Å². The van der Waals surface area contributed by atoms with Crippen molar-refractivity contribution in [2.24, 2.45) is 0 Å². The molecule has 0 aliphatic heterocycles. The molecule has 0 fully saturated rings. The van der Waals surface area contributed by atoms with Gasteiger partial charge >= 0.3 is 0 Å². The third-order valence-electron chi connectivity index (χ3n) is 4.64. The number of carbonyl (C=O) groups is 1. The second-order valence-corrected chi connectivity index (χ2v) is 6.47. The Kier molecular flexibility index (Phi) is 4.69. The van der Waals surface area contributed by atoms with Crippen molar-refractivity contribution in [2.45, 2.75) is 6.54 Å². The summed E-state index contributed by atoms with van der Waals surface area (Å²) in [6.45, 7) is 0.423. The molecule has 3 N–H and O–H groups in total. The zero-order chi connectivity index (χ0) is 21.3. The molecule has 4 rings (SSSR count). The van der Waals surface area contributed by atoms with Gasteiger partial charge in [0.05, 0.1) is 16.0 Å². The summed E-state index contributed by atoms with van der Waals surface area (Å²) in [5, 5.41) is 23.1. The number of non-ortho nitro benzene ring substituents is 1. The van der Waals surface area contributed by atoms with Crippen LogP contribution < -0.4 is 11.1 Å². The summed E-state index contributed by atoms with van der Waals surface area (Å²) in [6.07, 6.45) is 0. The molecular weight excluding hydrogens is 386 g/mol. The fourth-order valence-electron chi connectivity index (χ4n) is 3.20. The molecule has 2 heterocycles. The highest BCUT2D eigenvalue weighted by Crippen LogP contribution is 2.26. The van der Waals surface area contributed by atoms with Gasteiger partial charge in [0.25, 0.3) is 11.6 Å². The lowest BCUT2D eigenvalue weighted by molar-refractivity contribution is -0.384. The minimum Gasteiger partial charge on any atom is -0.384 e. The molecule has 1 amide bonds. The minimum atomic E-state index is -0.560. The first-order valence-corrected chi connectivity index (χ1v) is 8.97. The third-order valence-corrected chi connectivity index (χ3v) is 4.64. The SMILES string of the molecule is N#Cc1c(N)n(CCNC(=O)c2cccc([N+](=O)[O-])c2)c2nc3ccccc3nc12. The van der Waals surface area contributed by atoms with E-state index in [0.29, 0.717) is 22.2 Å². The smallest absolute Gasteiger partial charge is 0.270 e. The van der Waals surface area contributed by atoms with Crippen molar-refractivity contribution < 1.29 is 9.72 Å². The summed E-state index contributed by atoms with van der Waals surface area (Å²) in [5.41, 5.74) is 8.55. The van der Waals surface area contributed by atoms with E-state index in [2.05, 4.69) is 21.4 Å². The second kappa shape index (κ2) is 7.48. The molecule has 0 bridgehead atoms. The Hall–Kier alpha value is -4.52. The Morgan fingerprint density at radius 2 is 1.93 bits per heavy atom. The van der Waals surface area contributed by atoms with Crippen LogP contribution in [0.5, 0.6) is 0 Å². The standard InChI is InChI=1S/C20H15N7O3/c21-11-14-17-19(25-16-7-2-1-6-15(16)24-17)26(18(14)22)9-8-23-20(28)12-4-3-5-13(10-12)27(29)30/h1-7,10H,8-9,22H2,(H,23,28). The first-order chi connectivity index (χ1) is 14.5. The number of hydrogen-bond acceptors (Lipinski definition) is 7. The molecule has 2 aromatic carbocycles. The molecule has 10 nitrogen and oxygen atoms in total. The van der Waals surface area contributed by atoms with Crippen LogP contribution in [0, 0.1) is 21.4 Å². The molecule has 0 aliphatic carbocycles. The van der Waals surface area contributed by atoms with E-state index in [4.69, 9.17) is 5.73 Å². The molecule has 4 aromatic rings. The van der Waals surface area contributed by atoms with Crippen molar-refractivity contribution in [3.05, 3.63) is 69.8 Å². The van der Waals surface area contributed by atoms with Crippen LogP contribution in [0.3, 0.4) is 0 Å². The maximum Gasteiger partial charge on any atom is 0.270 e. The van der Waals surface area contributed by atoms with Crippen molar-refractivity contribution in [3.63, 3.8) is 0 Å². The Balaban J connectivity index is 1.60. The quantitative estimate of drug-likeness (QED) is 0.384. The highest BCUT2D eigenvalue weighted by Gasteiger charge is 2.18. The predicted octanol–water partition coefficient (Wildman–Crippen LogP) is 2.38. The van der Waals surface area contributed by atoms with Crippen LogP contribution >= 0.6 is 0 Å². The van der Waals surface area contributed by atoms with Gasteiger partial charge in [-0.05, 0) is 18.2 Å². The maximum atomic E-state index is 12.3. The summed E-state index contributed by atoms with van der Waals surface area (Å²) in [4.78, 5) is 31.7. The van der Waals surface area contributed by atoms with Gasteiger partial charge in [0, 0.05) is 30.8 Å². The molecule has 10 heteroatoms. The monoisotopic (exact) mass is 401 g/mol. The largest absolute Gasteiger partial charge is 0.384 e. The summed E-state index contributed by atoms with van der Waals surface area (Å²) < 4.78 is 1.63. The minimum absolute atomic E-state index is 0.163. The van der Waals surface area contributed by atoms with Crippen LogP contribution in [0.15, 0.2) is 48.5 Å². The second-order valence-electron chi connectivity index (χ2n) is 6.47. The number of fused-ring (bicyclic) bond motifs is 2. The number of nitrogens with zero attached hydrogens (tertiary/aromatic N) is 5. The van der Waals surface area contributed by atoms with Crippen LogP contribution in [0.1, 0.15) is 15.9 Å². The van der Waals surface area contributed by atoms with Gasteiger partial charge in [0.2, 0.25) is 0 Å². The van der Waals surface area contributed by atoms with Gasteiger partial charge in [-0.2, -0.15) is 5.26 Å². The number of amides is 1. The summed E-state index contributed by atoms with van der Waals surface area (Å²) >= 11 is 0. The number of hydrogen-bond donors (Lipinski definition) is 2. The van der Waals surface area contributed by atoms with E-state index >= 15 is 0 Å². The van der Waals surface area contributed by atoms with Gasteiger partial charge in [0.15, 0.2) is 5.65 Å². The first-order valence-electron chi connectivity index (χ1n) is 8.97. The lowest BCUT2D eigenvalue weighted by atomic mass is 10.2.